The highest BCUT2D eigenvalue weighted by molar-refractivity contribution is 6.16. The zero-order chi connectivity index (χ0) is 21.7. The van der Waals surface area contributed by atoms with E-state index in [1.54, 1.807) is 0 Å². The van der Waals surface area contributed by atoms with Crippen molar-refractivity contribution < 1.29 is 4.79 Å². The van der Waals surface area contributed by atoms with Crippen LogP contribution in [0.5, 0.6) is 0 Å². The molecule has 6 heteroatoms. The fraction of sp³-hybridized carbons (Fsp3) is 0.240. The third kappa shape index (κ3) is 3.06. The third-order valence-corrected chi connectivity index (χ3v) is 6.17. The van der Waals surface area contributed by atoms with Crippen LogP contribution in [0.15, 0.2) is 48.5 Å². The van der Waals surface area contributed by atoms with Crippen LogP contribution < -0.4 is 5.32 Å². The molecular weight excluding hydrogens is 386 g/mol. The summed E-state index contributed by atoms with van der Waals surface area (Å²) in [6.45, 7) is 6.05. The lowest BCUT2D eigenvalue weighted by Gasteiger charge is -2.09. The Morgan fingerprint density at radius 1 is 1.00 bits per heavy atom. The quantitative estimate of drug-likeness (QED) is 0.459. The van der Waals surface area contributed by atoms with Gasteiger partial charge in [0.25, 0.3) is 0 Å². The first-order valence-electron chi connectivity index (χ1n) is 10.5. The summed E-state index contributed by atoms with van der Waals surface area (Å²) in [6, 6.07) is 16.2. The lowest BCUT2D eigenvalue weighted by atomic mass is 10.1. The van der Waals surface area contributed by atoms with E-state index in [4.69, 9.17) is 4.98 Å². The number of carbonyl (C=O) groups excluding carboxylic acids is 1. The van der Waals surface area contributed by atoms with E-state index < -0.39 is 0 Å². The van der Waals surface area contributed by atoms with E-state index in [2.05, 4.69) is 33.0 Å². The number of fused-ring (bicyclic) bond motifs is 5. The topological polar surface area (TPSA) is 64.2 Å². The van der Waals surface area contributed by atoms with Crippen LogP contribution in [0.1, 0.15) is 29.2 Å². The van der Waals surface area contributed by atoms with Gasteiger partial charge in [0, 0.05) is 29.9 Å². The molecule has 0 aliphatic heterocycles. The van der Waals surface area contributed by atoms with Gasteiger partial charge in [-0.1, -0.05) is 36.4 Å². The number of para-hydroxylation sites is 2. The largest absolute Gasteiger partial charge is 0.324 e. The lowest BCUT2D eigenvalue weighted by molar-refractivity contribution is -0.116. The molecule has 0 aliphatic rings. The first-order valence-corrected chi connectivity index (χ1v) is 10.5. The average molecular weight is 412 g/mol. The maximum absolute atomic E-state index is 13.1. The summed E-state index contributed by atoms with van der Waals surface area (Å²) in [6.07, 6.45) is 1.07. The number of aryl methyl sites for hydroxylation is 3. The van der Waals surface area contributed by atoms with Gasteiger partial charge >= 0.3 is 0 Å². The molecule has 0 spiro atoms. The van der Waals surface area contributed by atoms with Gasteiger partial charge in [-0.3, -0.25) is 13.9 Å². The maximum atomic E-state index is 13.1. The second kappa shape index (κ2) is 7.23. The normalized spacial score (nSPS) is 11.6. The number of rotatable bonds is 4. The predicted molar refractivity (Wildman–Crippen MR) is 125 cm³/mol. The van der Waals surface area contributed by atoms with Crippen LogP contribution >= 0.6 is 0 Å². The molecule has 2 aromatic carbocycles. The van der Waals surface area contributed by atoms with Crippen molar-refractivity contribution in [3.63, 3.8) is 0 Å². The number of benzene rings is 2. The Bertz CT molecular complexity index is 1470. The smallest absolute Gasteiger partial charge is 0.224 e. The molecule has 1 N–H and O–H groups in total. The Labute approximate surface area is 180 Å². The fourth-order valence-electron chi connectivity index (χ4n) is 4.57. The van der Waals surface area contributed by atoms with Crippen LogP contribution in [0.2, 0.25) is 0 Å². The van der Waals surface area contributed by atoms with Crippen LogP contribution in [-0.4, -0.2) is 25.1 Å². The Morgan fingerprint density at radius 3 is 2.45 bits per heavy atom. The van der Waals surface area contributed by atoms with Gasteiger partial charge in [0.1, 0.15) is 5.82 Å². The molecule has 31 heavy (non-hydrogen) atoms. The predicted octanol–water partition coefficient (Wildman–Crippen LogP) is 4.87. The van der Waals surface area contributed by atoms with Crippen molar-refractivity contribution in [3.8, 4) is 0 Å². The standard InChI is InChI=1S/C25H25N5O/c1-15-18(16(2)29(4)28-15)13-14-23(31)27-24-20-10-6-8-12-22(20)30-17(3)26-21-11-7-5-9-19(21)25(24)30/h5-12H,13-14H2,1-4H3,(H,27,31). The van der Waals surface area contributed by atoms with Gasteiger partial charge in [-0.2, -0.15) is 5.10 Å². The maximum Gasteiger partial charge on any atom is 0.224 e. The highest BCUT2D eigenvalue weighted by atomic mass is 16.1. The van der Waals surface area contributed by atoms with Crippen LogP contribution in [0.25, 0.3) is 27.3 Å². The Hall–Kier alpha value is -3.67. The number of anilines is 1. The molecule has 0 bridgehead atoms. The minimum Gasteiger partial charge on any atom is -0.324 e. The summed E-state index contributed by atoms with van der Waals surface area (Å²) < 4.78 is 4.02. The molecule has 0 fully saturated rings. The summed E-state index contributed by atoms with van der Waals surface area (Å²) in [5.74, 6) is 0.895. The van der Waals surface area contributed by atoms with Crippen molar-refractivity contribution in [2.75, 3.05) is 5.32 Å². The van der Waals surface area contributed by atoms with E-state index in [1.807, 2.05) is 62.8 Å². The fourth-order valence-corrected chi connectivity index (χ4v) is 4.57. The Kier molecular flexibility index (Phi) is 4.50. The van der Waals surface area contributed by atoms with E-state index in [1.165, 1.54) is 0 Å². The van der Waals surface area contributed by atoms with E-state index in [0.29, 0.717) is 12.8 Å². The molecule has 0 aliphatic carbocycles. The first-order chi connectivity index (χ1) is 15.0. The molecule has 0 saturated heterocycles. The van der Waals surface area contributed by atoms with E-state index in [0.717, 1.165) is 55.8 Å². The monoisotopic (exact) mass is 411 g/mol. The highest BCUT2D eigenvalue weighted by Gasteiger charge is 2.19. The molecule has 1 amide bonds. The van der Waals surface area contributed by atoms with Crippen molar-refractivity contribution >= 4 is 38.9 Å². The molecule has 3 aromatic heterocycles. The molecule has 6 nitrogen and oxygen atoms in total. The molecule has 156 valence electrons. The molecule has 0 saturated carbocycles. The van der Waals surface area contributed by atoms with E-state index in [-0.39, 0.29) is 5.91 Å². The van der Waals surface area contributed by atoms with Crippen molar-refractivity contribution in [3.05, 3.63) is 71.3 Å². The number of aromatic nitrogens is 4. The number of carbonyl (C=O) groups is 1. The Morgan fingerprint density at radius 2 is 1.71 bits per heavy atom. The number of amides is 1. The zero-order valence-corrected chi connectivity index (χ0v) is 18.2. The summed E-state index contributed by atoms with van der Waals surface area (Å²) in [5, 5.41) is 9.74. The Balaban J connectivity index is 1.59. The van der Waals surface area contributed by atoms with Crippen LogP contribution in [-0.2, 0) is 18.3 Å². The van der Waals surface area contributed by atoms with Gasteiger partial charge in [0.15, 0.2) is 0 Å². The second-order valence-corrected chi connectivity index (χ2v) is 8.07. The number of nitrogens with one attached hydrogen (secondary N) is 1. The summed E-state index contributed by atoms with van der Waals surface area (Å²) in [5.41, 5.74) is 7.05. The summed E-state index contributed by atoms with van der Waals surface area (Å²) in [7, 11) is 1.94. The molecular formula is C25H25N5O. The van der Waals surface area contributed by atoms with Crippen molar-refractivity contribution in [2.45, 2.75) is 33.6 Å². The van der Waals surface area contributed by atoms with Gasteiger partial charge in [-0.15, -0.1) is 0 Å². The van der Waals surface area contributed by atoms with Crippen LogP contribution in [0.4, 0.5) is 5.69 Å². The SMILES string of the molecule is Cc1nn(C)c(C)c1CCC(=O)Nc1c2ccccc2n2c(C)nc3ccccc3c12. The van der Waals surface area contributed by atoms with Crippen LogP contribution in [0, 0.1) is 20.8 Å². The minimum absolute atomic E-state index is 0.000507. The van der Waals surface area contributed by atoms with Gasteiger partial charge < -0.3 is 5.32 Å². The number of hydrogen-bond donors (Lipinski definition) is 1. The van der Waals surface area contributed by atoms with Gasteiger partial charge in [-0.05, 0) is 44.9 Å². The van der Waals surface area contributed by atoms with Crippen molar-refractivity contribution in [1.29, 1.82) is 0 Å². The number of nitrogens with zero attached hydrogens (tertiary/aromatic N) is 4. The lowest BCUT2D eigenvalue weighted by Crippen LogP contribution is -2.13. The van der Waals surface area contributed by atoms with Gasteiger partial charge in [0.2, 0.25) is 5.91 Å². The molecule has 0 radical (unpaired) electrons. The molecule has 3 heterocycles. The molecule has 5 aromatic rings. The third-order valence-electron chi connectivity index (χ3n) is 6.17. The molecule has 0 atom stereocenters. The summed E-state index contributed by atoms with van der Waals surface area (Å²) >= 11 is 0. The minimum atomic E-state index is -0.000507. The number of hydrogen-bond acceptors (Lipinski definition) is 3. The summed E-state index contributed by atoms with van der Waals surface area (Å²) in [4.78, 5) is 17.8. The second-order valence-electron chi connectivity index (χ2n) is 8.07. The van der Waals surface area contributed by atoms with E-state index >= 15 is 0 Å². The zero-order valence-electron chi connectivity index (χ0n) is 18.2. The highest BCUT2D eigenvalue weighted by Crippen LogP contribution is 2.36. The van der Waals surface area contributed by atoms with Gasteiger partial charge in [0.05, 0.1) is 27.9 Å². The first kappa shape index (κ1) is 19.3. The van der Waals surface area contributed by atoms with Crippen molar-refractivity contribution in [1.82, 2.24) is 19.2 Å². The van der Waals surface area contributed by atoms with Crippen molar-refractivity contribution in [2.24, 2.45) is 7.05 Å². The molecule has 0 unspecified atom stereocenters. The molecule has 5 rings (SSSR count). The van der Waals surface area contributed by atoms with E-state index in [9.17, 15) is 4.79 Å². The average Bonchev–Trinajstić information content (AvgIpc) is 3.21. The van der Waals surface area contributed by atoms with Gasteiger partial charge in [-0.25, -0.2) is 4.98 Å². The van der Waals surface area contributed by atoms with Crippen LogP contribution in [0.3, 0.4) is 0 Å².